The van der Waals surface area contributed by atoms with E-state index in [0.29, 0.717) is 6.42 Å². The molecule has 2 rings (SSSR count). The van der Waals surface area contributed by atoms with Crippen molar-refractivity contribution in [1.29, 1.82) is 5.26 Å². The molecule has 9 heteroatoms. The van der Waals surface area contributed by atoms with E-state index in [4.69, 9.17) is 10.00 Å². The molecule has 2 atom stereocenters. The largest absolute Gasteiger partial charge is 0.454 e. The Morgan fingerprint density at radius 3 is 2.67 bits per heavy atom. The molecule has 0 aromatic heterocycles. The smallest absolute Gasteiger partial charge is 0.326 e. The van der Waals surface area contributed by atoms with Gasteiger partial charge < -0.3 is 15.0 Å². The van der Waals surface area contributed by atoms with E-state index in [2.05, 4.69) is 5.32 Å². The second kappa shape index (κ2) is 7.55. The van der Waals surface area contributed by atoms with Crippen molar-refractivity contribution in [2.75, 3.05) is 20.2 Å². The summed E-state index contributed by atoms with van der Waals surface area (Å²) in [7, 11) is 1.44. The summed E-state index contributed by atoms with van der Waals surface area (Å²) in [6, 6.07) is 1.36. The third-order valence-corrected chi connectivity index (χ3v) is 5.63. The van der Waals surface area contributed by atoms with Gasteiger partial charge in [0.15, 0.2) is 6.61 Å². The number of ether oxygens (including phenoxy) is 1. The molecule has 1 saturated carbocycles. The van der Waals surface area contributed by atoms with Gasteiger partial charge in [-0.25, -0.2) is 4.79 Å². The Labute approximate surface area is 158 Å². The average molecular weight is 378 g/mol. The number of urea groups is 1. The zero-order valence-electron chi connectivity index (χ0n) is 16.2. The molecule has 0 aromatic rings. The monoisotopic (exact) mass is 378 g/mol. The summed E-state index contributed by atoms with van der Waals surface area (Å²) < 4.78 is 4.91. The summed E-state index contributed by atoms with van der Waals surface area (Å²) in [5.74, 6) is -1.82. The first-order chi connectivity index (χ1) is 12.5. The third kappa shape index (κ3) is 3.89. The van der Waals surface area contributed by atoms with Crippen LogP contribution in [-0.4, -0.2) is 64.9 Å². The number of nitrogens with zero attached hydrogens (tertiary/aromatic N) is 3. The zero-order valence-corrected chi connectivity index (χ0v) is 16.2. The Hall–Kier alpha value is -2.63. The van der Waals surface area contributed by atoms with E-state index in [1.807, 2.05) is 13.0 Å². The fourth-order valence-electron chi connectivity index (χ4n) is 3.44. The minimum Gasteiger partial charge on any atom is -0.454 e. The van der Waals surface area contributed by atoms with Gasteiger partial charge in [-0.3, -0.25) is 19.3 Å². The van der Waals surface area contributed by atoms with E-state index < -0.39 is 48.0 Å². The Morgan fingerprint density at radius 2 is 2.07 bits per heavy atom. The molecule has 148 valence electrons. The minimum atomic E-state index is -1.04. The Kier molecular flexibility index (Phi) is 5.78. The first-order valence-corrected chi connectivity index (χ1v) is 9.03. The van der Waals surface area contributed by atoms with Gasteiger partial charge in [0, 0.05) is 7.05 Å². The minimum absolute atomic E-state index is 0.00726. The summed E-state index contributed by atoms with van der Waals surface area (Å²) >= 11 is 0. The lowest BCUT2D eigenvalue weighted by atomic mass is 9.73. The van der Waals surface area contributed by atoms with Crippen LogP contribution in [0.4, 0.5) is 4.79 Å². The van der Waals surface area contributed by atoms with E-state index in [1.54, 1.807) is 13.8 Å². The maximum Gasteiger partial charge on any atom is 0.326 e. The molecule has 9 nitrogen and oxygen atoms in total. The number of nitrogens with one attached hydrogen (secondary N) is 1. The van der Waals surface area contributed by atoms with Gasteiger partial charge in [-0.1, -0.05) is 19.8 Å². The highest BCUT2D eigenvalue weighted by atomic mass is 16.5. The summed E-state index contributed by atoms with van der Waals surface area (Å²) in [6.07, 6.45) is 3.23. The molecular weight excluding hydrogens is 352 g/mol. The molecule has 27 heavy (non-hydrogen) atoms. The van der Waals surface area contributed by atoms with Crippen LogP contribution in [0.1, 0.15) is 46.5 Å². The number of rotatable bonds is 5. The molecular formula is C18H26N4O5. The van der Waals surface area contributed by atoms with Gasteiger partial charge >= 0.3 is 12.0 Å². The Morgan fingerprint density at radius 1 is 1.41 bits per heavy atom. The normalized spacial score (nSPS) is 25.1. The van der Waals surface area contributed by atoms with Crippen molar-refractivity contribution >= 4 is 23.8 Å². The van der Waals surface area contributed by atoms with Crippen LogP contribution in [-0.2, 0) is 19.1 Å². The molecule has 0 unspecified atom stereocenters. The lowest BCUT2D eigenvalue weighted by Crippen LogP contribution is -2.54. The number of hydrogen-bond donors (Lipinski definition) is 1. The predicted octanol–water partition coefficient (Wildman–Crippen LogP) is 0.791. The summed E-state index contributed by atoms with van der Waals surface area (Å²) in [5, 5.41) is 11.8. The lowest BCUT2D eigenvalue weighted by molar-refractivity contribution is -0.154. The quantitative estimate of drug-likeness (QED) is 0.558. The first kappa shape index (κ1) is 20.7. The van der Waals surface area contributed by atoms with E-state index >= 15 is 0 Å². The molecule has 4 amide bonds. The van der Waals surface area contributed by atoms with Crippen LogP contribution in [0.25, 0.3) is 0 Å². The Bertz CT molecular complexity index is 698. The van der Waals surface area contributed by atoms with E-state index in [0.717, 1.165) is 24.2 Å². The van der Waals surface area contributed by atoms with E-state index in [-0.39, 0.29) is 5.92 Å². The molecule has 1 heterocycles. The lowest BCUT2D eigenvalue weighted by Gasteiger charge is -2.36. The summed E-state index contributed by atoms with van der Waals surface area (Å²) in [6.45, 7) is 3.93. The number of nitriles is 1. The number of carbonyl (C=O) groups is 4. The predicted molar refractivity (Wildman–Crippen MR) is 94.0 cm³/mol. The van der Waals surface area contributed by atoms with Gasteiger partial charge in [0.2, 0.25) is 0 Å². The van der Waals surface area contributed by atoms with Crippen molar-refractivity contribution in [3.8, 4) is 6.07 Å². The van der Waals surface area contributed by atoms with Crippen LogP contribution >= 0.6 is 0 Å². The molecule has 1 aliphatic carbocycles. The fourth-order valence-corrected chi connectivity index (χ4v) is 3.44. The van der Waals surface area contributed by atoms with Crippen LogP contribution < -0.4 is 5.32 Å². The highest BCUT2D eigenvalue weighted by molar-refractivity contribution is 6.09. The third-order valence-electron chi connectivity index (χ3n) is 5.63. The Balaban J connectivity index is 1.94. The standard InChI is InChI=1S/C18H26N4O5/c1-12-7-5-6-8-18(12)15(25)22(16(26)20-18)9-14(24)27-10-13(23)21(4)17(2,3)11-19/h12H,5-10H2,1-4H3,(H,20,26)/t12-,18+/m1/s1. The second-order valence-electron chi connectivity index (χ2n) is 7.72. The molecule has 2 aliphatic rings. The fraction of sp³-hybridized carbons (Fsp3) is 0.722. The molecule has 0 bridgehead atoms. The van der Waals surface area contributed by atoms with Gasteiger partial charge in [0.25, 0.3) is 11.8 Å². The van der Waals surface area contributed by atoms with Crippen molar-refractivity contribution in [1.82, 2.24) is 15.1 Å². The molecule has 0 radical (unpaired) electrons. The van der Waals surface area contributed by atoms with Crippen LogP contribution in [0.5, 0.6) is 0 Å². The van der Waals surface area contributed by atoms with Crippen LogP contribution in [0, 0.1) is 17.2 Å². The number of likely N-dealkylation sites (N-methyl/N-ethyl adjacent to an activating group) is 1. The zero-order chi connectivity index (χ0) is 20.4. The number of carbonyl (C=O) groups excluding carboxylic acids is 4. The molecule has 2 fully saturated rings. The van der Waals surface area contributed by atoms with Crippen molar-refractivity contribution in [2.45, 2.75) is 57.5 Å². The van der Waals surface area contributed by atoms with Crippen molar-refractivity contribution in [2.24, 2.45) is 5.92 Å². The van der Waals surface area contributed by atoms with Crippen molar-refractivity contribution < 1.29 is 23.9 Å². The van der Waals surface area contributed by atoms with Gasteiger partial charge in [0.1, 0.15) is 17.6 Å². The SMILES string of the molecule is C[C@@H]1CCCC[C@]12NC(=O)N(CC(=O)OCC(=O)N(C)C(C)(C)C#N)C2=O. The molecule has 0 aromatic carbocycles. The van der Waals surface area contributed by atoms with Crippen LogP contribution in [0.15, 0.2) is 0 Å². The molecule has 1 saturated heterocycles. The summed E-state index contributed by atoms with van der Waals surface area (Å²) in [5.41, 5.74) is -1.99. The van der Waals surface area contributed by atoms with Crippen LogP contribution in [0.2, 0.25) is 0 Å². The summed E-state index contributed by atoms with van der Waals surface area (Å²) in [4.78, 5) is 51.1. The van der Waals surface area contributed by atoms with Crippen molar-refractivity contribution in [3.05, 3.63) is 0 Å². The van der Waals surface area contributed by atoms with Gasteiger partial charge in [-0.15, -0.1) is 0 Å². The van der Waals surface area contributed by atoms with Crippen LogP contribution in [0.3, 0.4) is 0 Å². The maximum atomic E-state index is 12.8. The second-order valence-corrected chi connectivity index (χ2v) is 7.72. The molecule has 1 spiro atoms. The van der Waals surface area contributed by atoms with E-state index in [1.165, 1.54) is 11.9 Å². The maximum absolute atomic E-state index is 12.8. The van der Waals surface area contributed by atoms with Gasteiger partial charge in [0.05, 0.1) is 6.07 Å². The van der Waals surface area contributed by atoms with Gasteiger partial charge in [-0.05, 0) is 32.6 Å². The number of amides is 4. The number of imide groups is 1. The van der Waals surface area contributed by atoms with Crippen molar-refractivity contribution in [3.63, 3.8) is 0 Å². The highest BCUT2D eigenvalue weighted by Crippen LogP contribution is 2.38. The highest BCUT2D eigenvalue weighted by Gasteiger charge is 2.55. The van der Waals surface area contributed by atoms with Gasteiger partial charge in [-0.2, -0.15) is 5.26 Å². The average Bonchev–Trinajstić information content (AvgIpc) is 2.86. The van der Waals surface area contributed by atoms with E-state index in [9.17, 15) is 19.2 Å². The number of hydrogen-bond acceptors (Lipinski definition) is 6. The number of esters is 1. The topological polar surface area (TPSA) is 120 Å². The first-order valence-electron chi connectivity index (χ1n) is 9.03. The molecule has 1 N–H and O–H groups in total. The molecule has 1 aliphatic heterocycles.